The molecule has 2 saturated heterocycles. The molecule has 5 rings (SSSR count). The van der Waals surface area contributed by atoms with Gasteiger partial charge in [-0.2, -0.15) is 9.78 Å². The number of benzene rings is 1. The lowest BCUT2D eigenvalue weighted by molar-refractivity contribution is 0.260. The van der Waals surface area contributed by atoms with Crippen molar-refractivity contribution in [3.8, 4) is 5.69 Å². The van der Waals surface area contributed by atoms with E-state index in [-0.39, 0.29) is 5.56 Å². The molecule has 0 bridgehead atoms. The van der Waals surface area contributed by atoms with Crippen molar-refractivity contribution in [3.63, 3.8) is 0 Å². The summed E-state index contributed by atoms with van der Waals surface area (Å²) >= 11 is 1.71. The van der Waals surface area contributed by atoms with Crippen LogP contribution in [0.1, 0.15) is 19.3 Å². The topological polar surface area (TPSA) is 54.3 Å². The summed E-state index contributed by atoms with van der Waals surface area (Å²) in [6.45, 7) is 4.65. The van der Waals surface area contributed by atoms with Gasteiger partial charge in [-0.3, -0.25) is 9.69 Å². The highest BCUT2D eigenvalue weighted by Gasteiger charge is 2.30. The number of fused-ring (bicyclic) bond motifs is 1. The summed E-state index contributed by atoms with van der Waals surface area (Å²) in [5, 5.41) is 5.26. The van der Waals surface area contributed by atoms with Crippen molar-refractivity contribution in [2.24, 2.45) is 0 Å². The van der Waals surface area contributed by atoms with Crippen molar-refractivity contribution in [3.05, 3.63) is 46.9 Å². The van der Waals surface area contributed by atoms with Gasteiger partial charge in [0.05, 0.1) is 15.9 Å². The minimum Gasteiger partial charge on any atom is -0.346 e. The molecule has 3 aromatic rings. The molecule has 0 spiro atoms. The van der Waals surface area contributed by atoms with Gasteiger partial charge in [0.15, 0.2) is 5.13 Å². The van der Waals surface area contributed by atoms with E-state index in [1.54, 1.807) is 23.6 Å². The van der Waals surface area contributed by atoms with Gasteiger partial charge in [-0.15, -0.1) is 0 Å². The molecule has 0 unspecified atom stereocenters. The average Bonchev–Trinajstić information content (AvgIpc) is 3.40. The number of thiazole rings is 1. The zero-order valence-corrected chi connectivity index (χ0v) is 15.4. The first-order valence-electron chi connectivity index (χ1n) is 9.22. The van der Waals surface area contributed by atoms with Crippen LogP contribution in [0.3, 0.4) is 0 Å². The van der Waals surface area contributed by atoms with E-state index in [4.69, 9.17) is 4.98 Å². The maximum Gasteiger partial charge on any atom is 0.271 e. The summed E-state index contributed by atoms with van der Waals surface area (Å²) in [5.41, 5.74) is 1.65. The molecule has 6 nitrogen and oxygen atoms in total. The fourth-order valence-electron chi connectivity index (χ4n) is 4.04. The van der Waals surface area contributed by atoms with Crippen molar-refractivity contribution >= 4 is 26.7 Å². The molecule has 2 aromatic heterocycles. The van der Waals surface area contributed by atoms with Gasteiger partial charge in [0.2, 0.25) is 0 Å². The van der Waals surface area contributed by atoms with E-state index in [1.165, 1.54) is 43.1 Å². The van der Waals surface area contributed by atoms with Gasteiger partial charge < -0.3 is 4.90 Å². The van der Waals surface area contributed by atoms with Crippen LogP contribution in [0.4, 0.5) is 5.13 Å². The van der Waals surface area contributed by atoms with Gasteiger partial charge in [0.25, 0.3) is 5.56 Å². The molecule has 2 fully saturated rings. The average molecular weight is 367 g/mol. The van der Waals surface area contributed by atoms with E-state index in [0.29, 0.717) is 6.04 Å². The smallest absolute Gasteiger partial charge is 0.271 e. The fourth-order valence-corrected chi connectivity index (χ4v) is 5.07. The van der Waals surface area contributed by atoms with Crippen LogP contribution in [-0.4, -0.2) is 51.9 Å². The van der Waals surface area contributed by atoms with Crippen LogP contribution in [0.25, 0.3) is 15.9 Å². The van der Waals surface area contributed by atoms with Gasteiger partial charge in [-0.25, -0.2) is 4.98 Å². The number of nitrogens with zero attached hydrogens (tertiary/aromatic N) is 5. The highest BCUT2D eigenvalue weighted by Crippen LogP contribution is 2.33. The van der Waals surface area contributed by atoms with Crippen LogP contribution in [0.2, 0.25) is 0 Å². The molecule has 1 atom stereocenters. The van der Waals surface area contributed by atoms with Crippen LogP contribution in [-0.2, 0) is 0 Å². The standard InChI is InChI=1S/C19H21N5OS/c25-18-4-3-8-20-24(18)14-5-6-16-17(12-14)26-19(21-16)23-11-7-15(13-23)22-9-1-2-10-22/h3-6,8,12,15H,1-2,7,9-11,13H2/t15-/m0/s1. The lowest BCUT2D eigenvalue weighted by atomic mass is 10.2. The van der Waals surface area contributed by atoms with Gasteiger partial charge in [0.1, 0.15) is 0 Å². The van der Waals surface area contributed by atoms with Crippen LogP contribution in [0, 0.1) is 0 Å². The van der Waals surface area contributed by atoms with E-state index >= 15 is 0 Å². The molecule has 1 aromatic carbocycles. The Morgan fingerprint density at radius 1 is 1.12 bits per heavy atom. The molecule has 4 heterocycles. The zero-order chi connectivity index (χ0) is 17.5. The Morgan fingerprint density at radius 3 is 2.85 bits per heavy atom. The molecule has 0 amide bonds. The Labute approximate surface area is 155 Å². The fraction of sp³-hybridized carbons (Fsp3) is 0.421. The highest BCUT2D eigenvalue weighted by atomic mass is 32.1. The Kier molecular flexibility index (Phi) is 3.98. The predicted octanol–water partition coefficient (Wildman–Crippen LogP) is 2.52. The van der Waals surface area contributed by atoms with Crippen molar-refractivity contribution in [1.82, 2.24) is 19.7 Å². The van der Waals surface area contributed by atoms with Crippen molar-refractivity contribution in [2.45, 2.75) is 25.3 Å². The first kappa shape index (κ1) is 16.0. The van der Waals surface area contributed by atoms with E-state index in [1.807, 2.05) is 18.2 Å². The Balaban J connectivity index is 1.42. The second-order valence-electron chi connectivity index (χ2n) is 7.05. The van der Waals surface area contributed by atoms with Crippen LogP contribution in [0.15, 0.2) is 41.3 Å². The SMILES string of the molecule is O=c1cccnn1-c1ccc2nc(N3CC[C@H](N4CCCC4)C3)sc2c1. The summed E-state index contributed by atoms with van der Waals surface area (Å²) in [6, 6.07) is 9.77. The third-order valence-electron chi connectivity index (χ3n) is 5.41. The largest absolute Gasteiger partial charge is 0.346 e. The lowest BCUT2D eigenvalue weighted by Gasteiger charge is -2.23. The number of aromatic nitrogens is 3. The molecule has 2 aliphatic rings. The Morgan fingerprint density at radius 2 is 2.00 bits per heavy atom. The summed E-state index contributed by atoms with van der Waals surface area (Å²) in [5.74, 6) is 0. The summed E-state index contributed by atoms with van der Waals surface area (Å²) in [4.78, 5) is 21.9. The number of likely N-dealkylation sites (tertiary alicyclic amines) is 1. The van der Waals surface area contributed by atoms with Gasteiger partial charge in [-0.05, 0) is 56.6 Å². The van der Waals surface area contributed by atoms with E-state index < -0.39 is 0 Å². The van der Waals surface area contributed by atoms with Crippen molar-refractivity contribution in [2.75, 3.05) is 31.1 Å². The Hall–Kier alpha value is -2.25. The molecule has 0 aliphatic carbocycles. The molecule has 2 aliphatic heterocycles. The number of hydrogen-bond acceptors (Lipinski definition) is 6. The Bertz CT molecular complexity index is 991. The predicted molar refractivity (Wildman–Crippen MR) is 104 cm³/mol. The summed E-state index contributed by atoms with van der Waals surface area (Å²) in [7, 11) is 0. The lowest BCUT2D eigenvalue weighted by Crippen LogP contribution is -2.35. The first-order valence-corrected chi connectivity index (χ1v) is 10.0. The monoisotopic (exact) mass is 367 g/mol. The number of anilines is 1. The summed E-state index contributed by atoms with van der Waals surface area (Å²) < 4.78 is 2.53. The zero-order valence-electron chi connectivity index (χ0n) is 14.5. The van der Waals surface area contributed by atoms with Crippen LogP contribution < -0.4 is 10.5 Å². The molecule has 7 heteroatoms. The molecule has 26 heavy (non-hydrogen) atoms. The second kappa shape index (κ2) is 6.48. The van der Waals surface area contributed by atoms with Crippen LogP contribution in [0.5, 0.6) is 0 Å². The number of hydrogen-bond donors (Lipinski definition) is 0. The van der Waals surface area contributed by atoms with Crippen molar-refractivity contribution < 1.29 is 0 Å². The molecular formula is C19H21N5OS. The van der Waals surface area contributed by atoms with Gasteiger partial charge in [0, 0.05) is 31.4 Å². The van der Waals surface area contributed by atoms with Crippen molar-refractivity contribution in [1.29, 1.82) is 0 Å². The van der Waals surface area contributed by atoms with E-state index in [2.05, 4.69) is 14.9 Å². The minimum absolute atomic E-state index is 0.121. The highest BCUT2D eigenvalue weighted by molar-refractivity contribution is 7.22. The molecular weight excluding hydrogens is 346 g/mol. The quantitative estimate of drug-likeness (QED) is 0.712. The second-order valence-corrected chi connectivity index (χ2v) is 8.06. The third-order valence-corrected chi connectivity index (χ3v) is 6.49. The van der Waals surface area contributed by atoms with Gasteiger partial charge >= 0.3 is 0 Å². The molecule has 0 radical (unpaired) electrons. The van der Waals surface area contributed by atoms with E-state index in [0.717, 1.165) is 34.1 Å². The minimum atomic E-state index is -0.121. The molecule has 0 N–H and O–H groups in total. The van der Waals surface area contributed by atoms with Gasteiger partial charge in [-0.1, -0.05) is 11.3 Å². The molecule has 0 saturated carbocycles. The number of rotatable bonds is 3. The molecule has 134 valence electrons. The maximum absolute atomic E-state index is 12.0. The normalized spacial score (nSPS) is 21.1. The first-order chi connectivity index (χ1) is 12.8. The maximum atomic E-state index is 12.0. The van der Waals surface area contributed by atoms with E-state index in [9.17, 15) is 4.79 Å². The summed E-state index contributed by atoms with van der Waals surface area (Å²) in [6.07, 6.45) is 5.54. The third kappa shape index (κ3) is 2.81. The van der Waals surface area contributed by atoms with Crippen LogP contribution >= 0.6 is 11.3 Å².